The fourth-order valence-electron chi connectivity index (χ4n) is 3.83. The Kier molecular flexibility index (Phi) is 6.39. The molecule has 142 valence electrons. The Labute approximate surface area is 164 Å². The largest absolute Gasteiger partial charge is 0.363 e. The van der Waals surface area contributed by atoms with Gasteiger partial charge in [-0.05, 0) is 42.0 Å². The first kappa shape index (κ1) is 19.3. The van der Waals surface area contributed by atoms with Crippen molar-refractivity contribution in [1.29, 1.82) is 0 Å². The van der Waals surface area contributed by atoms with Crippen LogP contribution in [0.1, 0.15) is 56.2 Å². The SMILES string of the molecule is C=C(CCC(C)CCC)Nc1ccc2c(c1)CN(Cc1ccccc1)C2=C. The van der Waals surface area contributed by atoms with E-state index in [0.717, 1.165) is 42.5 Å². The van der Waals surface area contributed by atoms with Crippen LogP contribution in [0.15, 0.2) is 67.4 Å². The monoisotopic (exact) mass is 360 g/mol. The summed E-state index contributed by atoms with van der Waals surface area (Å²) in [6, 6.07) is 17.2. The molecule has 27 heavy (non-hydrogen) atoms. The van der Waals surface area contributed by atoms with Gasteiger partial charge in [-0.1, -0.05) is 76.2 Å². The predicted octanol–water partition coefficient (Wildman–Crippen LogP) is 6.82. The van der Waals surface area contributed by atoms with E-state index in [-0.39, 0.29) is 0 Å². The van der Waals surface area contributed by atoms with E-state index in [1.54, 1.807) is 0 Å². The molecule has 0 radical (unpaired) electrons. The molecule has 0 saturated heterocycles. The molecule has 1 aliphatic rings. The molecule has 1 heterocycles. The smallest absolute Gasteiger partial charge is 0.0440 e. The molecule has 1 aliphatic heterocycles. The minimum atomic E-state index is 0.767. The van der Waals surface area contributed by atoms with E-state index >= 15 is 0 Å². The Hall–Kier alpha value is -2.48. The summed E-state index contributed by atoms with van der Waals surface area (Å²) in [5, 5.41) is 3.51. The van der Waals surface area contributed by atoms with Gasteiger partial charge in [0.25, 0.3) is 0 Å². The number of anilines is 1. The van der Waals surface area contributed by atoms with Crippen LogP contribution in [-0.4, -0.2) is 4.90 Å². The molecular weight excluding hydrogens is 328 g/mol. The van der Waals surface area contributed by atoms with Crippen molar-refractivity contribution in [3.8, 4) is 0 Å². The Morgan fingerprint density at radius 1 is 1.15 bits per heavy atom. The summed E-state index contributed by atoms with van der Waals surface area (Å²) < 4.78 is 0. The van der Waals surface area contributed by atoms with Crippen LogP contribution in [-0.2, 0) is 13.1 Å². The predicted molar refractivity (Wildman–Crippen MR) is 117 cm³/mol. The van der Waals surface area contributed by atoms with Gasteiger partial charge in [-0.3, -0.25) is 0 Å². The van der Waals surface area contributed by atoms with Gasteiger partial charge in [0.15, 0.2) is 0 Å². The molecule has 1 unspecified atom stereocenters. The van der Waals surface area contributed by atoms with Gasteiger partial charge in [0.05, 0.1) is 0 Å². The maximum absolute atomic E-state index is 4.32. The van der Waals surface area contributed by atoms with Crippen molar-refractivity contribution in [1.82, 2.24) is 4.90 Å². The minimum absolute atomic E-state index is 0.767. The fourth-order valence-corrected chi connectivity index (χ4v) is 3.83. The molecule has 2 heteroatoms. The summed E-state index contributed by atoms with van der Waals surface area (Å²) in [6.45, 7) is 14.9. The van der Waals surface area contributed by atoms with E-state index in [0.29, 0.717) is 0 Å². The zero-order valence-corrected chi connectivity index (χ0v) is 16.8. The van der Waals surface area contributed by atoms with Gasteiger partial charge in [-0.15, -0.1) is 0 Å². The Bertz CT molecular complexity index is 791. The molecule has 0 aromatic heterocycles. The van der Waals surface area contributed by atoms with Gasteiger partial charge in [-0.25, -0.2) is 0 Å². The van der Waals surface area contributed by atoms with E-state index in [1.807, 2.05) is 0 Å². The van der Waals surface area contributed by atoms with Crippen LogP contribution in [0.25, 0.3) is 5.70 Å². The van der Waals surface area contributed by atoms with Gasteiger partial charge < -0.3 is 10.2 Å². The molecule has 0 bridgehead atoms. The fraction of sp³-hybridized carbons (Fsp3) is 0.360. The van der Waals surface area contributed by atoms with E-state index in [2.05, 4.69) is 85.8 Å². The van der Waals surface area contributed by atoms with E-state index in [4.69, 9.17) is 0 Å². The quantitative estimate of drug-likeness (QED) is 0.528. The van der Waals surface area contributed by atoms with Crippen molar-refractivity contribution in [3.05, 3.63) is 84.1 Å². The molecule has 3 rings (SSSR count). The lowest BCUT2D eigenvalue weighted by atomic mass is 9.99. The highest BCUT2D eigenvalue weighted by Crippen LogP contribution is 2.34. The maximum atomic E-state index is 4.32. The van der Waals surface area contributed by atoms with Gasteiger partial charge >= 0.3 is 0 Å². The number of allylic oxidation sites excluding steroid dienone is 1. The van der Waals surface area contributed by atoms with Crippen LogP contribution in [0.3, 0.4) is 0 Å². The summed E-state index contributed by atoms with van der Waals surface area (Å²) in [5.74, 6) is 0.767. The number of benzene rings is 2. The number of nitrogens with zero attached hydrogens (tertiary/aromatic N) is 1. The van der Waals surface area contributed by atoms with Crippen molar-refractivity contribution in [2.24, 2.45) is 5.92 Å². The van der Waals surface area contributed by atoms with Gasteiger partial charge in [0, 0.05) is 35.7 Å². The third-order valence-corrected chi connectivity index (χ3v) is 5.42. The second-order valence-corrected chi connectivity index (χ2v) is 7.82. The minimum Gasteiger partial charge on any atom is -0.363 e. The number of fused-ring (bicyclic) bond motifs is 1. The van der Waals surface area contributed by atoms with Crippen molar-refractivity contribution in [2.45, 2.75) is 52.6 Å². The molecule has 1 atom stereocenters. The van der Waals surface area contributed by atoms with E-state index in [9.17, 15) is 0 Å². The van der Waals surface area contributed by atoms with Gasteiger partial charge in [0.1, 0.15) is 0 Å². The lowest BCUT2D eigenvalue weighted by molar-refractivity contribution is 0.404. The van der Waals surface area contributed by atoms with Crippen LogP contribution in [0.2, 0.25) is 0 Å². The van der Waals surface area contributed by atoms with Crippen molar-refractivity contribution in [2.75, 3.05) is 5.32 Å². The lowest BCUT2D eigenvalue weighted by Crippen LogP contribution is -2.14. The average molecular weight is 361 g/mol. The van der Waals surface area contributed by atoms with Crippen LogP contribution < -0.4 is 5.32 Å². The third kappa shape index (κ3) is 5.03. The molecule has 0 amide bonds. The number of nitrogens with one attached hydrogen (secondary N) is 1. The van der Waals surface area contributed by atoms with E-state index < -0.39 is 0 Å². The molecule has 0 fully saturated rings. The molecule has 2 aromatic rings. The lowest BCUT2D eigenvalue weighted by Gasteiger charge is -2.19. The molecular formula is C25H32N2. The summed E-state index contributed by atoms with van der Waals surface area (Å²) in [7, 11) is 0. The molecule has 0 aliphatic carbocycles. The summed E-state index contributed by atoms with van der Waals surface area (Å²) >= 11 is 0. The van der Waals surface area contributed by atoms with E-state index in [1.165, 1.54) is 36.0 Å². The third-order valence-electron chi connectivity index (χ3n) is 5.42. The zero-order chi connectivity index (χ0) is 19.2. The first-order valence-electron chi connectivity index (χ1n) is 10.1. The molecule has 0 saturated carbocycles. The number of rotatable bonds is 9. The second-order valence-electron chi connectivity index (χ2n) is 7.82. The van der Waals surface area contributed by atoms with Crippen molar-refractivity contribution in [3.63, 3.8) is 0 Å². The molecule has 2 nitrogen and oxygen atoms in total. The average Bonchev–Trinajstić information content (AvgIpc) is 2.96. The van der Waals surface area contributed by atoms with Crippen LogP contribution in [0, 0.1) is 5.92 Å². The van der Waals surface area contributed by atoms with Crippen LogP contribution >= 0.6 is 0 Å². The van der Waals surface area contributed by atoms with Gasteiger partial charge in [-0.2, -0.15) is 0 Å². The zero-order valence-electron chi connectivity index (χ0n) is 16.8. The molecule has 0 spiro atoms. The Morgan fingerprint density at radius 2 is 1.93 bits per heavy atom. The number of hydrogen-bond acceptors (Lipinski definition) is 2. The highest BCUT2D eigenvalue weighted by atomic mass is 15.2. The van der Waals surface area contributed by atoms with Gasteiger partial charge in [0.2, 0.25) is 0 Å². The maximum Gasteiger partial charge on any atom is 0.0440 e. The number of hydrogen-bond donors (Lipinski definition) is 1. The van der Waals surface area contributed by atoms with Crippen molar-refractivity contribution >= 4 is 11.4 Å². The summed E-state index contributed by atoms with van der Waals surface area (Å²) in [6.07, 6.45) is 4.79. The highest BCUT2D eigenvalue weighted by Gasteiger charge is 2.22. The first-order chi connectivity index (χ1) is 13.1. The van der Waals surface area contributed by atoms with Crippen LogP contribution in [0.5, 0.6) is 0 Å². The Morgan fingerprint density at radius 3 is 2.67 bits per heavy atom. The molecule has 1 N–H and O–H groups in total. The second kappa shape index (κ2) is 8.94. The van der Waals surface area contributed by atoms with Crippen LogP contribution in [0.4, 0.5) is 5.69 Å². The normalized spacial score (nSPS) is 14.1. The first-order valence-corrected chi connectivity index (χ1v) is 10.1. The topological polar surface area (TPSA) is 15.3 Å². The summed E-state index contributed by atoms with van der Waals surface area (Å²) in [5.41, 5.74) is 7.28. The molecule has 2 aromatic carbocycles. The standard InChI is InChI=1S/C25H32N2/c1-5-9-19(2)12-13-20(3)26-24-14-15-25-21(4)27(18-23(25)16-24)17-22-10-7-6-8-11-22/h6-8,10-11,14-16,19,26H,3-5,9,12-13,17-18H2,1-2H3. The Balaban J connectivity index is 1.59. The van der Waals surface area contributed by atoms with Crippen molar-refractivity contribution < 1.29 is 0 Å². The summed E-state index contributed by atoms with van der Waals surface area (Å²) in [4.78, 5) is 2.35. The highest BCUT2D eigenvalue weighted by molar-refractivity contribution is 5.71.